The van der Waals surface area contributed by atoms with Crippen LogP contribution in [0.5, 0.6) is 0 Å². The molecule has 0 aromatic heterocycles. The zero-order chi connectivity index (χ0) is 98.1. The van der Waals surface area contributed by atoms with Gasteiger partial charge >= 0.3 is 5.97 Å². The molecule has 3 heterocycles. The van der Waals surface area contributed by atoms with Crippen molar-refractivity contribution in [2.45, 2.75) is 118 Å². The molecule has 137 heavy (non-hydrogen) atoms. The van der Waals surface area contributed by atoms with E-state index in [4.69, 9.17) is 133 Å². The van der Waals surface area contributed by atoms with Gasteiger partial charge in [-0.3, -0.25) is 18.9 Å². The number of benzene rings is 2. The van der Waals surface area contributed by atoms with E-state index in [0.29, 0.717) is 396 Å². The Bertz CT molecular complexity index is 3660. The van der Waals surface area contributed by atoms with Crippen molar-refractivity contribution in [2.75, 3.05) is 348 Å². The molecule has 0 saturated carbocycles. The number of fused-ring (bicyclic) bond motifs is 2. The minimum atomic E-state index is -4.59. The second kappa shape index (κ2) is 82.0. The van der Waals surface area contributed by atoms with Gasteiger partial charge in [-0.25, -0.2) is 15.3 Å². The summed E-state index contributed by atoms with van der Waals surface area (Å²) in [7, 11) is -2.95. The van der Waals surface area contributed by atoms with Crippen LogP contribution in [0.3, 0.4) is 0 Å². The number of unbranched alkanes of at least 4 members (excludes halogenated alkanes) is 4. The third-order valence-corrected chi connectivity index (χ3v) is 22.7. The molecule has 1 atom stereocenters. The smallest absolute Gasteiger partial charge is 0.333 e. The van der Waals surface area contributed by atoms with Crippen LogP contribution in [0, 0.1) is 0 Å². The van der Waals surface area contributed by atoms with Crippen molar-refractivity contribution in [1.29, 1.82) is 0 Å². The van der Waals surface area contributed by atoms with E-state index in [1.54, 1.807) is 13.2 Å². The average Bonchev–Trinajstić information content (AvgIpc) is 1.59. The van der Waals surface area contributed by atoms with E-state index in [1.165, 1.54) is 12.1 Å². The summed E-state index contributed by atoms with van der Waals surface area (Å²) in [5.41, 5.74) is 3.96. The van der Waals surface area contributed by atoms with E-state index in [2.05, 4.69) is 49.1 Å². The summed E-state index contributed by atoms with van der Waals surface area (Å²) in [5, 5.41) is 28.8. The second-order valence-corrected chi connectivity index (χ2v) is 34.1. The molecule has 1 saturated heterocycles. The van der Waals surface area contributed by atoms with Crippen molar-refractivity contribution in [2.24, 2.45) is 0 Å². The molecule has 3 aliphatic rings. The number of amides is 3. The quantitative estimate of drug-likeness (QED) is 0.00707. The molecule has 3 aliphatic heterocycles. The predicted octanol–water partition coefficient (Wildman–Crippen LogP) is 8.23. The first-order chi connectivity index (χ1) is 67.1. The van der Waals surface area contributed by atoms with Crippen LogP contribution in [0.15, 0.2) is 82.3 Å². The number of carbonyl (C=O) groups excluding carboxylic acids is 4. The van der Waals surface area contributed by atoms with Gasteiger partial charge in [-0.1, -0.05) is 41.1 Å². The second-order valence-electron chi connectivity index (χ2n) is 31.2. The minimum absolute atomic E-state index is 0.0144. The maximum atomic E-state index is 12.9. The molecule has 0 bridgehead atoms. The summed E-state index contributed by atoms with van der Waals surface area (Å²) in [5.74, 6) is -1.45. The van der Waals surface area contributed by atoms with Crippen LogP contribution < -0.4 is 10.2 Å². The number of ether oxygens (including phenoxy) is 24. The Morgan fingerprint density at radius 1 is 0.445 bits per heavy atom. The number of hydroxylamine groups is 2. The Hall–Kier alpha value is -5.38. The number of hydrogen-bond donors (Lipinski definition) is 4. The van der Waals surface area contributed by atoms with E-state index < -0.39 is 38.7 Å². The number of hydrogen-bond acceptors (Lipinski definition) is 40. The fourth-order valence-electron chi connectivity index (χ4n) is 13.8. The van der Waals surface area contributed by atoms with Crippen LogP contribution in [0.4, 0.5) is 11.4 Å². The normalized spacial score (nSPS) is 15.2. The van der Waals surface area contributed by atoms with Gasteiger partial charge in [0.25, 0.3) is 21.9 Å². The highest BCUT2D eigenvalue weighted by Crippen LogP contribution is 2.52. The zero-order valence-corrected chi connectivity index (χ0v) is 83.0. The third-order valence-electron chi connectivity index (χ3n) is 20.7. The fraction of sp³-hybridized carbons (Fsp3) is 0.750. The van der Waals surface area contributed by atoms with Gasteiger partial charge in [0.2, 0.25) is 11.6 Å². The van der Waals surface area contributed by atoms with E-state index in [1.807, 2.05) is 49.4 Å². The van der Waals surface area contributed by atoms with E-state index in [-0.39, 0.29) is 30.1 Å². The Morgan fingerprint density at radius 2 is 0.832 bits per heavy atom. The van der Waals surface area contributed by atoms with Crippen molar-refractivity contribution in [1.82, 2.24) is 10.4 Å². The highest BCUT2D eigenvalue weighted by molar-refractivity contribution is 7.94. The number of methoxy groups -OCH3 is 1. The summed E-state index contributed by atoms with van der Waals surface area (Å²) in [4.78, 5) is 57.2. The minimum Gasteiger partial charge on any atom is -0.382 e. The molecule has 4 N–H and O–H groups in total. The summed E-state index contributed by atoms with van der Waals surface area (Å²) >= 11 is 1.79. The van der Waals surface area contributed by atoms with Crippen LogP contribution in [-0.4, -0.2) is 406 Å². The summed E-state index contributed by atoms with van der Waals surface area (Å²) < 4.78 is 179. The van der Waals surface area contributed by atoms with E-state index in [9.17, 15) is 32.1 Å². The van der Waals surface area contributed by atoms with Gasteiger partial charge < -0.3 is 129 Å². The van der Waals surface area contributed by atoms with Crippen LogP contribution in [-0.2, 0) is 177 Å². The predicted molar refractivity (Wildman–Crippen MR) is 502 cm³/mol. The molecule has 786 valence electrons. The number of carbonyl (C=O) groups is 4. The Balaban J connectivity index is 0.755. The number of nitrogens with one attached hydrogen (secondary N) is 1. The number of nitrogens with zero attached hydrogens (tertiary/aromatic N) is 3. The van der Waals surface area contributed by atoms with E-state index in [0.717, 1.165) is 65.3 Å². The molecule has 1 fully saturated rings. The lowest BCUT2D eigenvalue weighted by Crippen LogP contribution is -2.32. The first kappa shape index (κ1) is 122. The third kappa shape index (κ3) is 57.6. The Kier molecular flexibility index (Phi) is 73.1. The monoisotopic (exact) mass is 2020 g/mol. The van der Waals surface area contributed by atoms with Crippen molar-refractivity contribution < 1.29 is 185 Å². The highest BCUT2D eigenvalue weighted by atomic mass is 32.2. The topological polar surface area (TPSA) is 452 Å². The number of anilines is 1. The molecule has 42 nitrogen and oxygen atoms in total. The highest BCUT2D eigenvalue weighted by Gasteiger charge is 2.46. The molecule has 45 heteroatoms. The SMILES string of the molecule is COCCOCCOCCOCCOCCOCCOCCOCCOCCOCCOCCOCCOCCOCCOCCOCCOCCOCCOCCOCCOCCOCCOCCOCCNC(=O)CCCCC[N+]1=C(C=CC=CC=C2N(CCCSOOO)c3ccc(S(=O)(=O)O)cc3C2(C)CCCCCC(=O)ON2C(=O)CCC2=O)C(C)(C)c2cc(SOOO)ccc21. The molecule has 0 spiro atoms. The maximum Gasteiger partial charge on any atom is 0.333 e. The lowest BCUT2D eigenvalue weighted by Gasteiger charge is -2.30. The van der Waals surface area contributed by atoms with Gasteiger partial charge in [0, 0.05) is 109 Å². The van der Waals surface area contributed by atoms with Crippen LogP contribution >= 0.6 is 24.1 Å². The molecule has 0 radical (unpaired) electrons. The number of imide groups is 1. The molecular formula is C92H153N4O38S3+. The summed E-state index contributed by atoms with van der Waals surface area (Å²) in [6.45, 7) is 29.6. The number of rotatable bonds is 98. The maximum absolute atomic E-state index is 12.9. The van der Waals surface area contributed by atoms with Gasteiger partial charge in [0.05, 0.1) is 333 Å². The first-order valence-electron chi connectivity index (χ1n) is 47.2. The molecule has 1 unspecified atom stereocenters. The molecule has 2 aromatic rings. The lowest BCUT2D eigenvalue weighted by molar-refractivity contribution is -0.438. The van der Waals surface area contributed by atoms with Crippen LogP contribution in [0.25, 0.3) is 0 Å². The number of allylic oxidation sites excluding steroid dienone is 6. The largest absolute Gasteiger partial charge is 0.382 e. The molecule has 3 amide bonds. The summed E-state index contributed by atoms with van der Waals surface area (Å²) in [6.07, 6.45) is 14.9. The molecular weight excluding hydrogens is 1870 g/mol. The van der Waals surface area contributed by atoms with Crippen molar-refractivity contribution in [3.63, 3.8) is 0 Å². The molecule has 5 rings (SSSR count). The van der Waals surface area contributed by atoms with Gasteiger partial charge in [0.15, 0.2) is 5.71 Å². The Morgan fingerprint density at radius 3 is 1.23 bits per heavy atom. The zero-order valence-electron chi connectivity index (χ0n) is 80.6. The fourth-order valence-corrected chi connectivity index (χ4v) is 15.1. The van der Waals surface area contributed by atoms with Crippen LogP contribution in [0.1, 0.15) is 109 Å². The van der Waals surface area contributed by atoms with E-state index >= 15 is 0 Å². The standard InChI is InChI=1S/C92H152N4O38S3/c1-91(2)81-77-79(136-134-132-102)19-21-83(81)94(85(91)15-8-5-9-16-86-92(3,25-12-6-11-18-90(100)130-96-88(98)23-24-89(96)99)82-78-80(137(103,104)105)20-22-84(82)95(86)28-14-76-135-133-131-101)27-13-7-10-17-87(97)93-26-29-107-32-33-109-36-37-111-40-41-113-44-45-115-48-49-117-52-53-119-56-57-121-60-61-123-64-65-125-68-69-127-72-73-129-75-74-128-71-70-126-67-66-124-63-62-122-59-58-120-55-54-118-51-50-116-47-46-114-43-42-112-39-38-110-35-34-108-31-30-106-4/h5,8-9,15-16,19-22,77-78H,6-7,10-14,17-18,23-76H2,1-4H3,(H3-,93,97,101,102,103,104,105)/p+1. The first-order valence-corrected chi connectivity index (χ1v) is 50.2. The van der Waals surface area contributed by atoms with Gasteiger partial charge in [-0.15, -0.1) is 13.7 Å². The lowest BCUT2D eigenvalue weighted by atomic mass is 9.77. The Labute approximate surface area is 815 Å². The molecule has 2 aromatic carbocycles. The van der Waals surface area contributed by atoms with Crippen molar-refractivity contribution >= 4 is 75.0 Å². The van der Waals surface area contributed by atoms with Gasteiger partial charge in [0.1, 0.15) is 6.54 Å². The van der Waals surface area contributed by atoms with Crippen molar-refractivity contribution in [3.8, 4) is 0 Å². The molecule has 0 aliphatic carbocycles. The van der Waals surface area contributed by atoms with Gasteiger partial charge in [-0.2, -0.15) is 13.0 Å². The average molecular weight is 2020 g/mol. The van der Waals surface area contributed by atoms with Crippen LogP contribution in [0.2, 0.25) is 0 Å². The van der Waals surface area contributed by atoms with Gasteiger partial charge in [-0.05, 0) is 94.8 Å². The summed E-state index contributed by atoms with van der Waals surface area (Å²) in [6, 6.07) is 10.4. The van der Waals surface area contributed by atoms with Crippen molar-refractivity contribution in [3.05, 3.63) is 83.6 Å².